The fourth-order valence-corrected chi connectivity index (χ4v) is 2.61. The first kappa shape index (κ1) is 31.6. The number of ether oxygens (including phenoxy) is 1. The summed E-state index contributed by atoms with van der Waals surface area (Å²) in [6.45, 7) is 25.9. The van der Waals surface area contributed by atoms with Crippen LogP contribution in [0.5, 0.6) is 5.75 Å². The molecule has 0 atom stereocenters. The lowest BCUT2D eigenvalue weighted by Crippen LogP contribution is -2.20. The summed E-state index contributed by atoms with van der Waals surface area (Å²) in [5, 5.41) is 3.18. The fraction of sp³-hybridized carbons (Fsp3) is 0.333. The van der Waals surface area contributed by atoms with E-state index >= 15 is 0 Å². The van der Waals surface area contributed by atoms with Crippen molar-refractivity contribution in [1.82, 2.24) is 10.3 Å². The summed E-state index contributed by atoms with van der Waals surface area (Å²) >= 11 is 0. The summed E-state index contributed by atoms with van der Waals surface area (Å²) in [5.74, 6) is 0.837. The van der Waals surface area contributed by atoms with E-state index in [-0.39, 0.29) is 0 Å². The summed E-state index contributed by atoms with van der Waals surface area (Å²) in [4.78, 5) is 8.49. The standard InChI is InChI=1S/C16H19N.C10H16N2O.C4H9N/c1-6-12(3)11-16(17-7-2)15-10-13(4)8-9-14(15)5;1-3-11-6-7-13-10-5-4-9(2)12-8-10;1-3-4(2)5/h6-10H,1-3,11H2,4-5H3;4-5,8,11H,3,6-7H2,1-2H3;3H,5H2,1-2H3/b;;4-3+. The quantitative estimate of drug-likeness (QED) is 0.230. The Labute approximate surface area is 213 Å². The largest absolute Gasteiger partial charge is 0.491 e. The first-order chi connectivity index (χ1) is 16.7. The van der Waals surface area contributed by atoms with E-state index in [1.807, 2.05) is 39.0 Å². The predicted octanol–water partition coefficient (Wildman–Crippen LogP) is 6.62. The molecule has 0 fully saturated rings. The van der Waals surface area contributed by atoms with Crippen LogP contribution >= 0.6 is 0 Å². The minimum atomic E-state index is 0.693. The minimum absolute atomic E-state index is 0.693. The Morgan fingerprint density at radius 3 is 2.37 bits per heavy atom. The number of nitrogens with zero attached hydrogens (tertiary/aromatic N) is 2. The van der Waals surface area contributed by atoms with Gasteiger partial charge in [-0.1, -0.05) is 56.5 Å². The normalized spacial score (nSPS) is 10.8. The van der Waals surface area contributed by atoms with E-state index in [4.69, 9.17) is 10.5 Å². The maximum Gasteiger partial charge on any atom is 0.137 e. The van der Waals surface area contributed by atoms with Crippen LogP contribution in [0, 0.1) is 20.8 Å². The van der Waals surface area contributed by atoms with Gasteiger partial charge in [0.15, 0.2) is 0 Å². The second-order valence-electron chi connectivity index (χ2n) is 7.99. The number of aromatic nitrogens is 1. The number of benzene rings is 1. The van der Waals surface area contributed by atoms with Gasteiger partial charge in [-0.3, -0.25) is 9.98 Å². The van der Waals surface area contributed by atoms with Gasteiger partial charge in [-0.15, -0.1) is 0 Å². The van der Waals surface area contributed by atoms with Gasteiger partial charge in [0.2, 0.25) is 0 Å². The third-order valence-corrected chi connectivity index (χ3v) is 4.77. The topological polar surface area (TPSA) is 72.5 Å². The Bertz CT molecular complexity index is 968. The van der Waals surface area contributed by atoms with Crippen molar-refractivity contribution >= 4 is 5.71 Å². The molecule has 0 spiro atoms. The van der Waals surface area contributed by atoms with Gasteiger partial charge in [-0.2, -0.15) is 0 Å². The van der Waals surface area contributed by atoms with Crippen LogP contribution in [0.25, 0.3) is 0 Å². The van der Waals surface area contributed by atoms with E-state index < -0.39 is 0 Å². The number of pyridine rings is 1. The average molecular weight is 477 g/mol. The van der Waals surface area contributed by atoms with Crippen molar-refractivity contribution in [2.24, 2.45) is 10.7 Å². The zero-order valence-electron chi connectivity index (χ0n) is 22.5. The zero-order chi connectivity index (χ0) is 26.6. The zero-order valence-corrected chi connectivity index (χ0v) is 22.5. The molecule has 0 unspecified atom stereocenters. The Balaban J connectivity index is 0.000000567. The summed E-state index contributed by atoms with van der Waals surface area (Å²) in [6.07, 6.45) is 7.66. The lowest BCUT2D eigenvalue weighted by molar-refractivity contribution is 0.314. The van der Waals surface area contributed by atoms with Crippen molar-refractivity contribution in [2.75, 3.05) is 19.7 Å². The lowest BCUT2D eigenvalue weighted by Gasteiger charge is -2.10. The van der Waals surface area contributed by atoms with Crippen LogP contribution in [0.2, 0.25) is 0 Å². The molecule has 5 heteroatoms. The van der Waals surface area contributed by atoms with Crippen molar-refractivity contribution < 1.29 is 4.74 Å². The van der Waals surface area contributed by atoms with Crippen molar-refractivity contribution in [2.45, 2.75) is 48.0 Å². The minimum Gasteiger partial charge on any atom is -0.491 e. The van der Waals surface area contributed by atoms with Gasteiger partial charge in [0.25, 0.3) is 0 Å². The third-order valence-electron chi connectivity index (χ3n) is 4.77. The molecule has 0 saturated heterocycles. The molecule has 0 amide bonds. The molecule has 2 rings (SSSR count). The van der Waals surface area contributed by atoms with Gasteiger partial charge < -0.3 is 15.8 Å². The maximum absolute atomic E-state index is 5.44. The molecule has 3 N–H and O–H groups in total. The SMILES string of the molecule is C/C=C(\C)N.C=CN=C(CC(=C)C=C)c1cc(C)ccc1C.CCNCCOc1ccc(C)nc1. The monoisotopic (exact) mass is 476 g/mol. The van der Waals surface area contributed by atoms with Crippen LogP contribution in [0.3, 0.4) is 0 Å². The molecule has 5 nitrogen and oxygen atoms in total. The number of rotatable bonds is 10. The Hall–Kier alpha value is -3.44. The molecule has 0 bridgehead atoms. The highest BCUT2D eigenvalue weighted by atomic mass is 16.5. The van der Waals surface area contributed by atoms with E-state index in [0.717, 1.165) is 47.1 Å². The van der Waals surface area contributed by atoms with Crippen LogP contribution in [-0.4, -0.2) is 30.4 Å². The molecule has 35 heavy (non-hydrogen) atoms. The molecular formula is C30H44N4O. The number of nitrogens with two attached hydrogens (primary N) is 1. The summed E-state index contributed by atoms with van der Waals surface area (Å²) in [7, 11) is 0. The molecular weight excluding hydrogens is 432 g/mol. The van der Waals surface area contributed by atoms with Crippen molar-refractivity contribution in [1.29, 1.82) is 0 Å². The molecule has 1 aromatic heterocycles. The molecule has 1 aromatic carbocycles. The number of hydrogen-bond acceptors (Lipinski definition) is 5. The van der Waals surface area contributed by atoms with Crippen molar-refractivity contribution in [3.8, 4) is 5.75 Å². The van der Waals surface area contributed by atoms with E-state index in [1.54, 1.807) is 18.5 Å². The lowest BCUT2D eigenvalue weighted by atomic mass is 9.97. The average Bonchev–Trinajstić information content (AvgIpc) is 2.85. The maximum atomic E-state index is 5.44. The molecule has 190 valence electrons. The highest BCUT2D eigenvalue weighted by Gasteiger charge is 2.07. The van der Waals surface area contributed by atoms with Crippen molar-refractivity contribution in [3.05, 3.63) is 108 Å². The second-order valence-corrected chi connectivity index (χ2v) is 7.99. The molecule has 0 radical (unpaired) electrons. The number of allylic oxidation sites excluding steroid dienone is 4. The van der Waals surface area contributed by atoms with Gasteiger partial charge in [0, 0.05) is 30.6 Å². The summed E-state index contributed by atoms with van der Waals surface area (Å²) in [5.41, 5.74) is 12.6. The van der Waals surface area contributed by atoms with Gasteiger partial charge in [-0.25, -0.2) is 0 Å². The number of aliphatic imine (C=N–C) groups is 1. The van der Waals surface area contributed by atoms with Gasteiger partial charge in [0.1, 0.15) is 12.4 Å². The highest BCUT2D eigenvalue weighted by molar-refractivity contribution is 6.03. The van der Waals surface area contributed by atoms with E-state index in [9.17, 15) is 0 Å². The number of nitrogens with one attached hydrogen (secondary N) is 1. The molecule has 1 heterocycles. The van der Waals surface area contributed by atoms with E-state index in [2.05, 4.69) is 74.0 Å². The summed E-state index contributed by atoms with van der Waals surface area (Å²) < 4.78 is 5.44. The number of likely N-dealkylation sites (N-methyl/N-ethyl adjacent to an activating group) is 1. The van der Waals surface area contributed by atoms with Crippen LogP contribution in [0.1, 0.15) is 49.6 Å². The predicted molar refractivity (Wildman–Crippen MR) is 153 cm³/mol. The Morgan fingerprint density at radius 1 is 1.17 bits per heavy atom. The Morgan fingerprint density at radius 2 is 1.86 bits per heavy atom. The third kappa shape index (κ3) is 15.2. The molecule has 0 aliphatic carbocycles. The smallest absolute Gasteiger partial charge is 0.137 e. The van der Waals surface area contributed by atoms with Crippen LogP contribution in [-0.2, 0) is 0 Å². The van der Waals surface area contributed by atoms with Gasteiger partial charge >= 0.3 is 0 Å². The molecule has 2 aromatic rings. The second kappa shape index (κ2) is 18.9. The molecule has 0 aliphatic heterocycles. The van der Waals surface area contributed by atoms with Crippen LogP contribution in [0.4, 0.5) is 0 Å². The van der Waals surface area contributed by atoms with Crippen LogP contribution < -0.4 is 15.8 Å². The van der Waals surface area contributed by atoms with Gasteiger partial charge in [0.05, 0.1) is 11.9 Å². The molecule has 0 saturated carbocycles. The van der Waals surface area contributed by atoms with E-state index in [1.165, 1.54) is 11.1 Å². The molecule has 0 aliphatic rings. The number of aryl methyl sites for hydroxylation is 3. The number of hydrogen-bond donors (Lipinski definition) is 2. The first-order valence-corrected chi connectivity index (χ1v) is 11.9. The Kier molecular flexibility index (Phi) is 17.1. The summed E-state index contributed by atoms with van der Waals surface area (Å²) in [6, 6.07) is 10.2. The van der Waals surface area contributed by atoms with Crippen LogP contribution in [0.15, 0.2) is 90.9 Å². The fourth-order valence-electron chi connectivity index (χ4n) is 2.61. The highest BCUT2D eigenvalue weighted by Crippen LogP contribution is 2.16. The first-order valence-electron chi connectivity index (χ1n) is 11.9. The van der Waals surface area contributed by atoms with Crippen molar-refractivity contribution in [3.63, 3.8) is 0 Å². The van der Waals surface area contributed by atoms with E-state index in [0.29, 0.717) is 13.0 Å². The van der Waals surface area contributed by atoms with Gasteiger partial charge in [-0.05, 0) is 76.1 Å².